The molecule has 1 aliphatic heterocycles. The second-order valence-corrected chi connectivity index (χ2v) is 8.99. The summed E-state index contributed by atoms with van der Waals surface area (Å²) in [6, 6.07) is 15.7. The topological polar surface area (TPSA) is 58.0 Å². The number of halogens is 1. The Balaban J connectivity index is 1.31. The van der Waals surface area contributed by atoms with Crippen LogP contribution in [-0.4, -0.2) is 66.7 Å². The van der Waals surface area contributed by atoms with Gasteiger partial charge in [0.25, 0.3) is 0 Å². The van der Waals surface area contributed by atoms with Crippen molar-refractivity contribution in [3.63, 3.8) is 0 Å². The van der Waals surface area contributed by atoms with Gasteiger partial charge in [0.1, 0.15) is 36.1 Å². The molecule has 7 nitrogen and oxygen atoms in total. The van der Waals surface area contributed by atoms with E-state index in [9.17, 15) is 0 Å². The maximum absolute atomic E-state index is 6.09. The van der Waals surface area contributed by atoms with Crippen molar-refractivity contribution in [1.29, 1.82) is 0 Å². The van der Waals surface area contributed by atoms with Gasteiger partial charge in [0.15, 0.2) is 0 Å². The molecule has 1 aromatic heterocycles. The minimum atomic E-state index is -0.562. The molecule has 1 aliphatic rings. The Morgan fingerprint density at radius 2 is 1.97 bits per heavy atom. The van der Waals surface area contributed by atoms with Crippen LogP contribution in [-0.2, 0) is 22.6 Å². The highest BCUT2D eigenvalue weighted by molar-refractivity contribution is 6.30. The van der Waals surface area contributed by atoms with Gasteiger partial charge in [0, 0.05) is 44.2 Å². The van der Waals surface area contributed by atoms with Gasteiger partial charge < -0.3 is 23.5 Å². The van der Waals surface area contributed by atoms with Gasteiger partial charge in [-0.15, -0.1) is 0 Å². The first-order chi connectivity index (χ1) is 16.5. The molecular formula is C26H32ClN3O4. The molecule has 1 atom stereocenters. The van der Waals surface area contributed by atoms with Crippen molar-refractivity contribution in [3.05, 3.63) is 77.3 Å². The highest BCUT2D eigenvalue weighted by Gasteiger charge is 2.36. The van der Waals surface area contributed by atoms with Crippen LogP contribution in [0.3, 0.4) is 0 Å². The van der Waals surface area contributed by atoms with E-state index in [1.54, 1.807) is 19.4 Å². The van der Waals surface area contributed by atoms with Crippen molar-refractivity contribution in [3.8, 4) is 11.5 Å². The predicted molar refractivity (Wildman–Crippen MR) is 132 cm³/mol. The zero-order valence-electron chi connectivity index (χ0n) is 19.8. The number of rotatable bonds is 10. The molecule has 4 rings (SSSR count). The molecule has 0 bridgehead atoms. The fourth-order valence-corrected chi connectivity index (χ4v) is 4.19. The Hall–Kier alpha value is -2.58. The van der Waals surface area contributed by atoms with E-state index in [4.69, 9.17) is 30.5 Å². The lowest BCUT2D eigenvalue weighted by Gasteiger charge is -2.34. The van der Waals surface area contributed by atoms with Gasteiger partial charge in [-0.1, -0.05) is 29.8 Å². The Kier molecular flexibility index (Phi) is 8.45. The summed E-state index contributed by atoms with van der Waals surface area (Å²) in [5.74, 6) is 2.57. The van der Waals surface area contributed by atoms with Gasteiger partial charge in [0.05, 0.1) is 19.8 Å². The van der Waals surface area contributed by atoms with Gasteiger partial charge in [-0.3, -0.25) is 4.90 Å². The zero-order valence-corrected chi connectivity index (χ0v) is 20.5. The average Bonchev–Trinajstić information content (AvgIpc) is 3.14. The molecule has 1 unspecified atom stereocenters. The van der Waals surface area contributed by atoms with Crippen LogP contribution in [0.25, 0.3) is 0 Å². The number of benzene rings is 2. The van der Waals surface area contributed by atoms with Gasteiger partial charge in [0.2, 0.25) is 0 Å². The van der Waals surface area contributed by atoms with E-state index in [0.29, 0.717) is 38.0 Å². The van der Waals surface area contributed by atoms with E-state index in [0.717, 1.165) is 37.0 Å². The van der Waals surface area contributed by atoms with Crippen LogP contribution >= 0.6 is 11.6 Å². The third-order valence-corrected chi connectivity index (χ3v) is 6.25. The van der Waals surface area contributed by atoms with E-state index in [1.807, 2.05) is 43.5 Å². The minimum Gasteiger partial charge on any atom is -0.492 e. The summed E-state index contributed by atoms with van der Waals surface area (Å²) in [4.78, 5) is 6.58. The summed E-state index contributed by atoms with van der Waals surface area (Å²) in [6.07, 6.45) is 3.77. The van der Waals surface area contributed by atoms with Crippen LogP contribution in [0.2, 0.25) is 5.02 Å². The highest BCUT2D eigenvalue weighted by atomic mass is 35.5. The number of imidazole rings is 1. The van der Waals surface area contributed by atoms with Gasteiger partial charge in [-0.05, 0) is 42.8 Å². The summed E-state index contributed by atoms with van der Waals surface area (Å²) in [5, 5.41) is 0.645. The van der Waals surface area contributed by atoms with Crippen molar-refractivity contribution in [2.75, 3.05) is 46.6 Å². The first-order valence-corrected chi connectivity index (χ1v) is 11.9. The Labute approximate surface area is 206 Å². The van der Waals surface area contributed by atoms with Crippen molar-refractivity contribution < 1.29 is 18.9 Å². The van der Waals surface area contributed by atoms with E-state index >= 15 is 0 Å². The van der Waals surface area contributed by atoms with Crippen LogP contribution in [0.15, 0.2) is 60.9 Å². The van der Waals surface area contributed by atoms with Gasteiger partial charge >= 0.3 is 0 Å². The number of methoxy groups -OCH3 is 1. The van der Waals surface area contributed by atoms with Crippen LogP contribution in [0, 0.1) is 6.92 Å². The van der Waals surface area contributed by atoms with Gasteiger partial charge in [-0.25, -0.2) is 4.98 Å². The molecule has 8 heteroatoms. The number of ether oxygens (including phenoxy) is 4. The van der Waals surface area contributed by atoms with Crippen molar-refractivity contribution in [2.24, 2.45) is 0 Å². The summed E-state index contributed by atoms with van der Waals surface area (Å²) in [6.45, 7) is 7.19. The zero-order chi connectivity index (χ0) is 23.8. The largest absolute Gasteiger partial charge is 0.492 e. The van der Waals surface area contributed by atoms with Crippen LogP contribution in [0.1, 0.15) is 11.4 Å². The summed E-state index contributed by atoms with van der Waals surface area (Å²) < 4.78 is 25.8. The summed E-state index contributed by atoms with van der Waals surface area (Å²) in [5.41, 5.74) is 0.647. The molecule has 0 saturated carbocycles. The highest BCUT2D eigenvalue weighted by Crippen LogP contribution is 2.23. The minimum absolute atomic E-state index is 0.378. The SMILES string of the molecule is COC1(COc2cccc(Cl)c2)COCCN(Cc2ccc(OCCn3ccnc3C)cc2)C1. The molecule has 182 valence electrons. The lowest BCUT2D eigenvalue weighted by molar-refractivity contribution is -0.0925. The third kappa shape index (κ3) is 6.73. The number of aromatic nitrogens is 2. The standard InChI is InChI=1S/C26H32ClN3O4/c1-21-28-10-11-30(21)13-15-33-24-8-6-22(7-9-24)17-29-12-14-32-19-26(18-29,31-2)20-34-25-5-3-4-23(27)16-25/h3-11,16H,12-15,17-20H2,1-2H3. The van der Waals surface area contributed by atoms with Gasteiger partial charge in [-0.2, -0.15) is 0 Å². The Bertz CT molecular complexity index is 1040. The van der Waals surface area contributed by atoms with E-state index in [-0.39, 0.29) is 0 Å². The van der Waals surface area contributed by atoms with Crippen molar-refractivity contribution >= 4 is 11.6 Å². The normalized spacial score (nSPS) is 19.0. The molecule has 0 aliphatic carbocycles. The maximum atomic E-state index is 6.09. The Morgan fingerprint density at radius 1 is 1.12 bits per heavy atom. The lowest BCUT2D eigenvalue weighted by atomic mass is 10.1. The summed E-state index contributed by atoms with van der Waals surface area (Å²) >= 11 is 6.09. The van der Waals surface area contributed by atoms with Crippen molar-refractivity contribution in [1.82, 2.24) is 14.5 Å². The fraction of sp³-hybridized carbons (Fsp3) is 0.423. The summed E-state index contributed by atoms with van der Waals surface area (Å²) in [7, 11) is 1.71. The quantitative estimate of drug-likeness (QED) is 0.428. The second-order valence-electron chi connectivity index (χ2n) is 8.56. The molecule has 34 heavy (non-hydrogen) atoms. The molecule has 1 fully saturated rings. The van der Waals surface area contributed by atoms with E-state index in [2.05, 4.69) is 26.6 Å². The predicted octanol–water partition coefficient (Wildman–Crippen LogP) is 4.22. The second kappa shape index (κ2) is 11.7. The monoisotopic (exact) mass is 485 g/mol. The van der Waals surface area contributed by atoms with Crippen LogP contribution < -0.4 is 9.47 Å². The first kappa shape index (κ1) is 24.5. The molecule has 0 amide bonds. The number of hydrogen-bond acceptors (Lipinski definition) is 6. The molecule has 0 radical (unpaired) electrons. The first-order valence-electron chi connectivity index (χ1n) is 11.5. The van der Waals surface area contributed by atoms with E-state index < -0.39 is 5.60 Å². The maximum Gasteiger partial charge on any atom is 0.137 e. The smallest absolute Gasteiger partial charge is 0.137 e. The number of nitrogens with zero attached hydrogens (tertiary/aromatic N) is 3. The molecule has 3 aromatic rings. The molecule has 1 saturated heterocycles. The van der Waals surface area contributed by atoms with Crippen molar-refractivity contribution in [2.45, 2.75) is 25.6 Å². The van der Waals surface area contributed by atoms with E-state index in [1.165, 1.54) is 5.56 Å². The average molecular weight is 486 g/mol. The van der Waals surface area contributed by atoms with Crippen LogP contribution in [0.4, 0.5) is 0 Å². The number of aryl methyl sites for hydroxylation is 1. The third-order valence-electron chi connectivity index (χ3n) is 6.01. The molecule has 2 aromatic carbocycles. The molecule has 2 heterocycles. The van der Waals surface area contributed by atoms with Crippen LogP contribution in [0.5, 0.6) is 11.5 Å². The molecule has 0 spiro atoms. The molecule has 0 N–H and O–H groups in total. The number of hydrogen-bond donors (Lipinski definition) is 0. The Morgan fingerprint density at radius 3 is 2.71 bits per heavy atom. The fourth-order valence-electron chi connectivity index (χ4n) is 4.01. The molecular weight excluding hydrogens is 454 g/mol. The lowest BCUT2D eigenvalue weighted by Crippen LogP contribution is -2.50.